The van der Waals surface area contributed by atoms with Gasteiger partial charge in [-0.15, -0.1) is 0 Å². The maximum Gasteiger partial charge on any atom is 0.340 e. The molecule has 0 fully saturated rings. The van der Waals surface area contributed by atoms with Crippen LogP contribution in [0.1, 0.15) is 6.92 Å². The highest BCUT2D eigenvalue weighted by Gasteiger charge is 2.19. The molecule has 0 N–H and O–H groups in total. The summed E-state index contributed by atoms with van der Waals surface area (Å²) < 4.78 is 4.39. The Morgan fingerprint density at radius 2 is 1.82 bits per heavy atom. The molecule has 0 aliphatic rings. The average Bonchev–Trinajstić information content (AvgIpc) is 1.87. The number of rotatable bonds is 3. The lowest BCUT2D eigenvalue weighted by Crippen LogP contribution is -2.23. The van der Waals surface area contributed by atoms with Crippen LogP contribution >= 0.6 is 34.8 Å². The highest BCUT2D eigenvalue weighted by Crippen LogP contribution is 2.07. The first-order valence-corrected chi connectivity index (χ1v) is 3.88. The maximum absolute atomic E-state index is 10.6. The van der Waals surface area contributed by atoms with E-state index in [0.29, 0.717) is 0 Å². The Hall–Kier alpha value is 0.01000. The predicted octanol–water partition coefficient (Wildman–Crippen LogP) is 1.49. The Morgan fingerprint density at radius 3 is 2.09 bits per heavy atom. The molecule has 3 nitrogen and oxygen atoms in total. The minimum atomic E-state index is -1.28. The van der Waals surface area contributed by atoms with Crippen LogP contribution in [-0.4, -0.2) is 22.2 Å². The minimum absolute atomic E-state index is 0.771. The maximum atomic E-state index is 10.6. The Labute approximate surface area is 78.5 Å². The lowest BCUT2D eigenvalue weighted by Gasteiger charge is -2.08. The van der Waals surface area contributed by atoms with E-state index in [4.69, 9.17) is 34.8 Å². The van der Waals surface area contributed by atoms with Crippen molar-refractivity contribution in [1.29, 1.82) is 0 Å². The highest BCUT2D eigenvalue weighted by atomic mass is 35.5. The van der Waals surface area contributed by atoms with Gasteiger partial charge in [-0.2, -0.15) is 0 Å². The predicted molar refractivity (Wildman–Crippen MR) is 41.9 cm³/mol. The van der Waals surface area contributed by atoms with Crippen LogP contribution in [0.5, 0.6) is 0 Å². The average molecular weight is 219 g/mol. The summed E-state index contributed by atoms with van der Waals surface area (Å²) in [5.74, 6) is -0.880. The van der Waals surface area contributed by atoms with E-state index in [1.807, 2.05) is 0 Å². The molecule has 0 aromatic carbocycles. The second-order valence-electron chi connectivity index (χ2n) is 1.68. The van der Waals surface area contributed by atoms with Crippen molar-refractivity contribution >= 4 is 46.0 Å². The summed E-state index contributed by atoms with van der Waals surface area (Å²) in [6.45, 7) is 1.32. The molecule has 0 amide bonds. The smallest absolute Gasteiger partial charge is 0.340 e. The molecule has 0 aromatic heterocycles. The van der Waals surface area contributed by atoms with E-state index in [2.05, 4.69) is 4.74 Å². The molecule has 0 bridgehead atoms. The van der Waals surface area contributed by atoms with Gasteiger partial charge in [0.2, 0.25) is 4.84 Å². The number of carbonyl (C=O) groups is 2. The van der Waals surface area contributed by atoms with Crippen molar-refractivity contribution in [2.75, 3.05) is 0 Å². The largest absolute Gasteiger partial charge is 0.451 e. The summed E-state index contributed by atoms with van der Waals surface area (Å²) in [7, 11) is 0. The topological polar surface area (TPSA) is 43.4 Å². The molecule has 0 aliphatic carbocycles. The van der Waals surface area contributed by atoms with Gasteiger partial charge >= 0.3 is 5.97 Å². The minimum Gasteiger partial charge on any atom is -0.451 e. The van der Waals surface area contributed by atoms with Crippen molar-refractivity contribution in [2.24, 2.45) is 0 Å². The summed E-state index contributed by atoms with van der Waals surface area (Å²) in [5.41, 5.74) is 0. The Morgan fingerprint density at radius 1 is 1.36 bits per heavy atom. The lowest BCUT2D eigenvalue weighted by atomic mass is 10.4. The molecule has 0 radical (unpaired) electrons. The quantitative estimate of drug-likeness (QED) is 0.410. The summed E-state index contributed by atoms with van der Waals surface area (Å²) in [4.78, 5) is 19.6. The zero-order valence-corrected chi connectivity index (χ0v) is 7.78. The number of hydrogen-bond acceptors (Lipinski definition) is 3. The van der Waals surface area contributed by atoms with Gasteiger partial charge in [0.25, 0.3) is 5.24 Å². The fraction of sp³-hybridized carbons (Fsp3) is 0.600. The number of ether oxygens (including phenoxy) is 1. The molecule has 0 saturated carbocycles. The Balaban J connectivity index is 3.85. The van der Waals surface area contributed by atoms with E-state index in [1.165, 1.54) is 6.92 Å². The molecule has 0 spiro atoms. The van der Waals surface area contributed by atoms with E-state index >= 15 is 0 Å². The number of halogens is 3. The SMILES string of the molecule is CC(OC(=O)C(Cl)Cl)C(=O)Cl. The van der Waals surface area contributed by atoms with Crippen LogP contribution in [0, 0.1) is 0 Å². The number of hydrogen-bond donors (Lipinski definition) is 0. The van der Waals surface area contributed by atoms with Crippen LogP contribution in [0.3, 0.4) is 0 Å². The first-order chi connectivity index (χ1) is 4.95. The van der Waals surface area contributed by atoms with Gasteiger partial charge in [-0.1, -0.05) is 23.2 Å². The van der Waals surface area contributed by atoms with Gasteiger partial charge in [-0.25, -0.2) is 4.79 Å². The zero-order valence-electron chi connectivity index (χ0n) is 5.51. The molecule has 0 aromatic rings. The fourth-order valence-corrected chi connectivity index (χ4v) is 0.419. The third-order valence-electron chi connectivity index (χ3n) is 0.791. The molecule has 64 valence electrons. The fourth-order valence-electron chi connectivity index (χ4n) is 0.272. The highest BCUT2D eigenvalue weighted by molar-refractivity contribution is 6.64. The van der Waals surface area contributed by atoms with Gasteiger partial charge in [0.05, 0.1) is 0 Å². The van der Waals surface area contributed by atoms with Crippen LogP contribution in [-0.2, 0) is 14.3 Å². The number of alkyl halides is 2. The molecule has 0 aliphatic heterocycles. The van der Waals surface area contributed by atoms with Gasteiger partial charge in [0, 0.05) is 0 Å². The number of carbonyl (C=O) groups excluding carboxylic acids is 2. The van der Waals surface area contributed by atoms with Crippen LogP contribution in [0.4, 0.5) is 0 Å². The molecular weight excluding hydrogens is 214 g/mol. The van der Waals surface area contributed by atoms with Gasteiger partial charge in [0.15, 0.2) is 6.10 Å². The van der Waals surface area contributed by atoms with Gasteiger partial charge in [0.1, 0.15) is 0 Å². The monoisotopic (exact) mass is 218 g/mol. The molecule has 1 atom stereocenters. The molecular formula is C5H5Cl3O3. The normalized spacial score (nSPS) is 12.8. The van der Waals surface area contributed by atoms with Gasteiger partial charge in [-0.3, -0.25) is 4.79 Å². The first-order valence-electron chi connectivity index (χ1n) is 2.63. The Kier molecular flexibility index (Phi) is 4.81. The molecule has 1 unspecified atom stereocenters. The summed E-state index contributed by atoms with van der Waals surface area (Å²) in [6, 6.07) is 0. The second kappa shape index (κ2) is 4.80. The van der Waals surface area contributed by atoms with Gasteiger partial charge in [-0.05, 0) is 18.5 Å². The van der Waals surface area contributed by atoms with Crippen molar-refractivity contribution in [3.63, 3.8) is 0 Å². The molecule has 0 heterocycles. The molecule has 0 rings (SSSR count). The summed E-state index contributed by atoms with van der Waals surface area (Å²) in [6.07, 6.45) is -1.01. The standard InChI is InChI=1S/C5H5Cl3O3/c1-2(4(8)9)11-5(10)3(6)7/h2-3H,1H3. The van der Waals surface area contributed by atoms with Crippen LogP contribution < -0.4 is 0 Å². The van der Waals surface area contributed by atoms with Gasteiger partial charge < -0.3 is 4.74 Å². The van der Waals surface area contributed by atoms with Crippen LogP contribution in [0.25, 0.3) is 0 Å². The first kappa shape index (κ1) is 11.0. The van der Waals surface area contributed by atoms with Crippen molar-refractivity contribution in [3.05, 3.63) is 0 Å². The molecule has 11 heavy (non-hydrogen) atoms. The van der Waals surface area contributed by atoms with Crippen molar-refractivity contribution < 1.29 is 14.3 Å². The van der Waals surface area contributed by atoms with Crippen LogP contribution in [0.15, 0.2) is 0 Å². The third-order valence-corrected chi connectivity index (χ3v) is 1.45. The third kappa shape index (κ3) is 4.45. The molecule has 0 saturated heterocycles. The van der Waals surface area contributed by atoms with Crippen molar-refractivity contribution in [1.82, 2.24) is 0 Å². The van der Waals surface area contributed by atoms with E-state index in [0.717, 1.165) is 0 Å². The van der Waals surface area contributed by atoms with E-state index < -0.39 is 22.2 Å². The van der Waals surface area contributed by atoms with Crippen molar-refractivity contribution in [2.45, 2.75) is 17.9 Å². The Bertz CT molecular complexity index is 168. The van der Waals surface area contributed by atoms with E-state index in [-0.39, 0.29) is 0 Å². The van der Waals surface area contributed by atoms with E-state index in [1.54, 1.807) is 0 Å². The molecule has 6 heteroatoms. The summed E-state index contributed by atoms with van der Waals surface area (Å²) >= 11 is 15.2. The lowest BCUT2D eigenvalue weighted by molar-refractivity contribution is -0.149. The summed E-state index contributed by atoms with van der Waals surface area (Å²) in [5, 5.41) is -0.771. The second-order valence-corrected chi connectivity index (χ2v) is 3.15. The van der Waals surface area contributed by atoms with Crippen molar-refractivity contribution in [3.8, 4) is 0 Å². The van der Waals surface area contributed by atoms with E-state index in [9.17, 15) is 9.59 Å². The zero-order chi connectivity index (χ0) is 9.02. The number of esters is 1. The van der Waals surface area contributed by atoms with Crippen LogP contribution in [0.2, 0.25) is 0 Å².